The lowest BCUT2D eigenvalue weighted by molar-refractivity contribution is -0.117. The molecule has 1 N–H and O–H groups in total. The second kappa shape index (κ2) is 10.1. The third-order valence-electron chi connectivity index (χ3n) is 7.02. The summed E-state index contributed by atoms with van der Waals surface area (Å²) in [5.41, 5.74) is 3.69. The molecule has 4 aromatic rings. The number of nitrogens with zero attached hydrogens (tertiary/aromatic N) is 2. The predicted octanol–water partition coefficient (Wildman–Crippen LogP) is 6.38. The minimum absolute atomic E-state index is 0.0229. The summed E-state index contributed by atoms with van der Waals surface area (Å²) in [4.78, 5) is 31.1. The first-order valence-corrected chi connectivity index (χ1v) is 12.7. The number of carbonyl (C=O) groups excluding carboxylic acids is 2. The number of amides is 1. The minimum Gasteiger partial charge on any atom is -0.503 e. The lowest BCUT2D eigenvalue weighted by Gasteiger charge is -2.28. The maximum absolute atomic E-state index is 13.9. The van der Waals surface area contributed by atoms with Gasteiger partial charge in [-0.15, -0.1) is 0 Å². The van der Waals surface area contributed by atoms with E-state index < -0.39 is 23.5 Å². The van der Waals surface area contributed by atoms with E-state index in [-0.39, 0.29) is 11.3 Å². The smallest absolute Gasteiger partial charge is 0.294 e. The Bertz CT molecular complexity index is 1550. The molecule has 1 unspecified atom stereocenters. The molecule has 0 bridgehead atoms. The van der Waals surface area contributed by atoms with Crippen LogP contribution in [0.15, 0.2) is 88.5 Å². The van der Waals surface area contributed by atoms with E-state index in [0.29, 0.717) is 28.0 Å². The Labute approximate surface area is 221 Å². The van der Waals surface area contributed by atoms with Gasteiger partial charge in [0.2, 0.25) is 5.78 Å². The van der Waals surface area contributed by atoms with E-state index in [4.69, 9.17) is 9.15 Å². The Morgan fingerprint density at radius 3 is 2.39 bits per heavy atom. The summed E-state index contributed by atoms with van der Waals surface area (Å²) in [6, 6.07) is 21.3. The molecule has 0 aliphatic carbocycles. The molecule has 1 aliphatic rings. The predicted molar refractivity (Wildman–Crippen MR) is 148 cm³/mol. The number of benzene rings is 3. The summed E-state index contributed by atoms with van der Waals surface area (Å²) < 4.78 is 11.3. The molecule has 38 heavy (non-hydrogen) atoms. The molecule has 5 rings (SSSR count). The van der Waals surface area contributed by atoms with Crippen LogP contribution in [-0.2, 0) is 4.79 Å². The number of hydrogen-bond donors (Lipinski definition) is 1. The van der Waals surface area contributed by atoms with Crippen LogP contribution in [0.3, 0.4) is 0 Å². The molecular formula is C31H30N2O5. The number of aliphatic hydroxyl groups excluding tert-OH is 1. The van der Waals surface area contributed by atoms with Gasteiger partial charge in [-0.2, -0.15) is 0 Å². The molecule has 3 aromatic carbocycles. The van der Waals surface area contributed by atoms with Gasteiger partial charge >= 0.3 is 0 Å². The fourth-order valence-corrected chi connectivity index (χ4v) is 5.09. The number of hydrogen-bond acceptors (Lipinski definition) is 6. The van der Waals surface area contributed by atoms with E-state index in [0.717, 1.165) is 24.3 Å². The molecule has 0 spiro atoms. The zero-order valence-electron chi connectivity index (χ0n) is 21.9. The van der Waals surface area contributed by atoms with Crippen molar-refractivity contribution in [2.75, 3.05) is 30.0 Å². The largest absolute Gasteiger partial charge is 0.503 e. The maximum Gasteiger partial charge on any atom is 0.294 e. The lowest BCUT2D eigenvalue weighted by atomic mass is 9.94. The number of ketones is 1. The van der Waals surface area contributed by atoms with Crippen molar-refractivity contribution < 1.29 is 23.8 Å². The van der Waals surface area contributed by atoms with Gasteiger partial charge in [-0.1, -0.05) is 36.4 Å². The molecule has 0 fully saturated rings. The van der Waals surface area contributed by atoms with Gasteiger partial charge in [0.15, 0.2) is 22.9 Å². The van der Waals surface area contributed by atoms with E-state index >= 15 is 0 Å². The monoisotopic (exact) mass is 510 g/mol. The van der Waals surface area contributed by atoms with Gasteiger partial charge in [0.25, 0.3) is 5.91 Å². The number of anilines is 2. The molecular weight excluding hydrogens is 480 g/mol. The molecule has 1 amide bonds. The molecule has 1 aromatic heterocycles. The number of ether oxygens (including phenoxy) is 1. The molecule has 2 heterocycles. The van der Waals surface area contributed by atoms with Crippen molar-refractivity contribution in [1.82, 2.24) is 0 Å². The number of Topliss-reactive ketones (excluding diaryl/α,β-unsaturated/α-hetero) is 1. The SMILES string of the molecule is CCN(CC)c1ccc(C2C(C(=O)c3cc4cccc(OC)c4o3)=C(O)C(=O)N2c2cccc(C)c2)cc1. The first kappa shape index (κ1) is 25.1. The highest BCUT2D eigenvalue weighted by atomic mass is 16.5. The standard InChI is InChI=1S/C31H30N2O5/c1-5-32(6-2)22-15-13-20(14-16-22)27-26(29(35)31(36)33(27)23-11-7-9-19(3)17-23)28(34)25-18-21-10-8-12-24(37-4)30(21)38-25/h7-18,27,35H,5-6H2,1-4H3. The van der Waals surface area contributed by atoms with Crippen molar-refractivity contribution in [2.24, 2.45) is 0 Å². The normalized spacial score (nSPS) is 15.4. The minimum atomic E-state index is -0.835. The van der Waals surface area contributed by atoms with Crippen LogP contribution in [0.4, 0.5) is 11.4 Å². The first-order chi connectivity index (χ1) is 18.4. The third-order valence-corrected chi connectivity index (χ3v) is 7.02. The van der Waals surface area contributed by atoms with Crippen LogP contribution in [0.1, 0.15) is 41.6 Å². The summed E-state index contributed by atoms with van der Waals surface area (Å²) in [5, 5.41) is 11.8. The van der Waals surface area contributed by atoms with E-state index in [1.807, 2.05) is 55.5 Å². The zero-order chi connectivity index (χ0) is 27.0. The molecule has 7 nitrogen and oxygen atoms in total. The Morgan fingerprint density at radius 2 is 1.74 bits per heavy atom. The Kier molecular flexibility index (Phi) is 6.68. The highest BCUT2D eigenvalue weighted by Crippen LogP contribution is 2.43. The number of furan rings is 1. The van der Waals surface area contributed by atoms with Crippen LogP contribution < -0.4 is 14.5 Å². The Balaban J connectivity index is 1.64. The van der Waals surface area contributed by atoms with Gasteiger partial charge in [-0.3, -0.25) is 14.5 Å². The topological polar surface area (TPSA) is 83.2 Å². The number of fused-ring (bicyclic) bond motifs is 1. The lowest BCUT2D eigenvalue weighted by Crippen LogP contribution is -2.31. The van der Waals surface area contributed by atoms with Crippen LogP contribution in [0, 0.1) is 6.92 Å². The summed E-state index contributed by atoms with van der Waals surface area (Å²) in [5.74, 6) is -1.25. The molecule has 194 valence electrons. The second-order valence-electron chi connectivity index (χ2n) is 9.26. The van der Waals surface area contributed by atoms with Gasteiger partial charge in [0.05, 0.1) is 18.7 Å². The zero-order valence-corrected chi connectivity index (χ0v) is 21.9. The van der Waals surface area contributed by atoms with Crippen molar-refractivity contribution in [3.8, 4) is 5.75 Å². The number of aliphatic hydroxyl groups is 1. The van der Waals surface area contributed by atoms with Crippen LogP contribution in [0.5, 0.6) is 5.75 Å². The molecule has 0 radical (unpaired) electrons. The molecule has 1 aliphatic heterocycles. The fraction of sp³-hybridized carbons (Fsp3) is 0.226. The number of carbonyl (C=O) groups is 2. The molecule has 1 atom stereocenters. The van der Waals surface area contributed by atoms with E-state index in [2.05, 4.69) is 18.7 Å². The number of para-hydroxylation sites is 1. The van der Waals surface area contributed by atoms with Crippen molar-refractivity contribution in [3.63, 3.8) is 0 Å². The van der Waals surface area contributed by atoms with E-state index in [9.17, 15) is 14.7 Å². The molecule has 7 heteroatoms. The highest BCUT2D eigenvalue weighted by Gasteiger charge is 2.45. The highest BCUT2D eigenvalue weighted by molar-refractivity contribution is 6.20. The Hall–Kier alpha value is -4.52. The Morgan fingerprint density at radius 1 is 1.03 bits per heavy atom. The molecule has 0 saturated heterocycles. The fourth-order valence-electron chi connectivity index (χ4n) is 5.09. The number of aryl methyl sites for hydroxylation is 1. The maximum atomic E-state index is 13.9. The van der Waals surface area contributed by atoms with Crippen molar-refractivity contribution in [1.29, 1.82) is 0 Å². The van der Waals surface area contributed by atoms with E-state index in [1.165, 1.54) is 12.0 Å². The average molecular weight is 511 g/mol. The molecule has 0 saturated carbocycles. The number of methoxy groups -OCH3 is 1. The summed E-state index contributed by atoms with van der Waals surface area (Å²) >= 11 is 0. The average Bonchev–Trinajstić information content (AvgIpc) is 3.48. The first-order valence-electron chi connectivity index (χ1n) is 12.7. The van der Waals surface area contributed by atoms with Crippen molar-refractivity contribution in [3.05, 3.63) is 101 Å². The number of rotatable bonds is 8. The van der Waals surface area contributed by atoms with Crippen LogP contribution >= 0.6 is 0 Å². The van der Waals surface area contributed by atoms with Gasteiger partial charge in [0.1, 0.15) is 0 Å². The van der Waals surface area contributed by atoms with Crippen LogP contribution in [0.2, 0.25) is 0 Å². The quantitative estimate of drug-likeness (QED) is 0.277. The van der Waals surface area contributed by atoms with Gasteiger partial charge < -0.3 is 19.2 Å². The van der Waals surface area contributed by atoms with Crippen molar-refractivity contribution in [2.45, 2.75) is 26.8 Å². The third kappa shape index (κ3) is 4.20. The van der Waals surface area contributed by atoms with Gasteiger partial charge in [-0.05, 0) is 68.3 Å². The summed E-state index contributed by atoms with van der Waals surface area (Å²) in [6.07, 6.45) is 0. The van der Waals surface area contributed by atoms with Gasteiger partial charge in [-0.25, -0.2) is 0 Å². The van der Waals surface area contributed by atoms with Crippen LogP contribution in [-0.4, -0.2) is 37.0 Å². The van der Waals surface area contributed by atoms with Crippen LogP contribution in [0.25, 0.3) is 11.0 Å². The van der Waals surface area contributed by atoms with Crippen molar-refractivity contribution >= 4 is 34.0 Å². The summed E-state index contributed by atoms with van der Waals surface area (Å²) in [6.45, 7) is 7.82. The second-order valence-corrected chi connectivity index (χ2v) is 9.26. The van der Waals surface area contributed by atoms with Gasteiger partial charge in [0, 0.05) is 29.9 Å². The van der Waals surface area contributed by atoms with E-state index in [1.54, 1.807) is 24.3 Å². The summed E-state index contributed by atoms with van der Waals surface area (Å²) in [7, 11) is 1.53.